The van der Waals surface area contributed by atoms with Crippen molar-refractivity contribution in [2.45, 2.75) is 20.8 Å². The minimum Gasteiger partial charge on any atom is -0.496 e. The van der Waals surface area contributed by atoms with E-state index >= 15 is 0 Å². The van der Waals surface area contributed by atoms with E-state index in [0.717, 1.165) is 28.0 Å². The van der Waals surface area contributed by atoms with Gasteiger partial charge in [-0.2, -0.15) is 0 Å². The molecule has 0 aliphatic carbocycles. The molecule has 3 rings (SSSR count). The molecule has 1 heterocycles. The van der Waals surface area contributed by atoms with Crippen molar-refractivity contribution >= 4 is 17.8 Å². The number of carbonyl (C=O) groups excluding carboxylic acids is 1. The molecule has 0 amide bonds. The van der Waals surface area contributed by atoms with E-state index < -0.39 is 0 Å². The summed E-state index contributed by atoms with van der Waals surface area (Å²) in [5.41, 5.74) is 5.72. The van der Waals surface area contributed by atoms with Crippen molar-refractivity contribution in [3.05, 3.63) is 75.9 Å². The molecular formula is C21H20O3. The summed E-state index contributed by atoms with van der Waals surface area (Å²) >= 11 is 0. The first-order valence-electron chi connectivity index (χ1n) is 7.86. The van der Waals surface area contributed by atoms with Gasteiger partial charge >= 0.3 is 5.97 Å². The average molecular weight is 320 g/mol. The summed E-state index contributed by atoms with van der Waals surface area (Å²) in [7, 11) is 1.64. The van der Waals surface area contributed by atoms with Gasteiger partial charge in [0.2, 0.25) is 0 Å². The van der Waals surface area contributed by atoms with Gasteiger partial charge in [-0.25, -0.2) is 4.79 Å². The molecule has 0 saturated carbocycles. The van der Waals surface area contributed by atoms with E-state index in [9.17, 15) is 4.79 Å². The molecule has 2 aromatic carbocycles. The maximum Gasteiger partial charge on any atom is 0.343 e. The van der Waals surface area contributed by atoms with Crippen LogP contribution in [0.25, 0.3) is 11.8 Å². The van der Waals surface area contributed by atoms with E-state index in [4.69, 9.17) is 9.47 Å². The Morgan fingerprint density at radius 2 is 1.79 bits per heavy atom. The third kappa shape index (κ3) is 3.11. The smallest absolute Gasteiger partial charge is 0.343 e. The van der Waals surface area contributed by atoms with Crippen molar-refractivity contribution in [2.75, 3.05) is 7.11 Å². The Balaban J connectivity index is 1.97. The number of rotatable bonds is 3. The number of benzene rings is 2. The van der Waals surface area contributed by atoms with Gasteiger partial charge in [-0.15, -0.1) is 0 Å². The molecule has 0 fully saturated rings. The lowest BCUT2D eigenvalue weighted by Gasteiger charge is -2.06. The minimum absolute atomic E-state index is 0.329. The zero-order chi connectivity index (χ0) is 17.3. The molecule has 0 N–H and O–H groups in total. The molecule has 0 aromatic heterocycles. The van der Waals surface area contributed by atoms with Gasteiger partial charge in [0.1, 0.15) is 11.5 Å². The first-order chi connectivity index (χ1) is 11.5. The number of hydrogen-bond donors (Lipinski definition) is 0. The van der Waals surface area contributed by atoms with Crippen LogP contribution in [0.2, 0.25) is 0 Å². The SMILES string of the molecule is COc1cc(C=C2C=C(c3ccc(C)cc3C)OC2=O)ccc1C. The van der Waals surface area contributed by atoms with E-state index in [-0.39, 0.29) is 5.97 Å². The molecule has 1 aliphatic rings. The number of esters is 1. The fraction of sp³-hybridized carbons (Fsp3) is 0.190. The van der Waals surface area contributed by atoms with E-state index in [2.05, 4.69) is 6.07 Å². The standard InChI is InChI=1S/C21H20O3/c1-13-5-8-18(15(3)9-13)20-12-17(21(22)24-20)10-16-7-6-14(2)19(11-16)23-4/h5-12H,1-4H3. The quantitative estimate of drug-likeness (QED) is 0.612. The molecule has 0 radical (unpaired) electrons. The molecule has 0 spiro atoms. The number of carbonyl (C=O) groups is 1. The van der Waals surface area contributed by atoms with Gasteiger partial charge in [-0.3, -0.25) is 0 Å². The second kappa shape index (κ2) is 6.36. The Morgan fingerprint density at radius 1 is 1.00 bits per heavy atom. The van der Waals surface area contributed by atoms with Crippen molar-refractivity contribution < 1.29 is 14.3 Å². The van der Waals surface area contributed by atoms with Crippen LogP contribution in [0.4, 0.5) is 0 Å². The molecular weight excluding hydrogens is 300 g/mol. The topological polar surface area (TPSA) is 35.5 Å². The Kier molecular flexibility index (Phi) is 4.26. The van der Waals surface area contributed by atoms with E-state index in [1.165, 1.54) is 5.56 Å². The number of hydrogen-bond acceptors (Lipinski definition) is 3. The maximum absolute atomic E-state index is 12.2. The normalized spacial score (nSPS) is 15.4. The van der Waals surface area contributed by atoms with Crippen LogP contribution in [-0.4, -0.2) is 13.1 Å². The fourth-order valence-corrected chi connectivity index (χ4v) is 2.82. The van der Waals surface area contributed by atoms with Gasteiger partial charge in [-0.1, -0.05) is 35.9 Å². The van der Waals surface area contributed by atoms with Gasteiger partial charge in [-0.05, 0) is 55.7 Å². The molecule has 0 saturated heterocycles. The highest BCUT2D eigenvalue weighted by Gasteiger charge is 2.23. The van der Waals surface area contributed by atoms with Gasteiger partial charge in [0, 0.05) is 5.56 Å². The van der Waals surface area contributed by atoms with Crippen LogP contribution in [0.3, 0.4) is 0 Å². The third-order valence-electron chi connectivity index (χ3n) is 4.13. The molecule has 0 atom stereocenters. The highest BCUT2D eigenvalue weighted by molar-refractivity contribution is 6.05. The van der Waals surface area contributed by atoms with Crippen LogP contribution < -0.4 is 4.74 Å². The maximum atomic E-state index is 12.2. The van der Waals surface area contributed by atoms with Gasteiger partial charge < -0.3 is 9.47 Å². The second-order valence-corrected chi connectivity index (χ2v) is 6.05. The monoisotopic (exact) mass is 320 g/mol. The number of ether oxygens (including phenoxy) is 2. The van der Waals surface area contributed by atoms with Crippen molar-refractivity contribution in [3.63, 3.8) is 0 Å². The number of aryl methyl sites for hydroxylation is 3. The predicted octanol–water partition coefficient (Wildman–Crippen LogP) is 4.60. The summed E-state index contributed by atoms with van der Waals surface area (Å²) in [6.07, 6.45) is 3.62. The molecule has 3 heteroatoms. The molecule has 122 valence electrons. The lowest BCUT2D eigenvalue weighted by atomic mass is 10.0. The Bertz CT molecular complexity index is 873. The van der Waals surface area contributed by atoms with Crippen molar-refractivity contribution in [1.29, 1.82) is 0 Å². The van der Waals surface area contributed by atoms with Crippen molar-refractivity contribution in [1.82, 2.24) is 0 Å². The summed E-state index contributed by atoms with van der Waals surface area (Å²) in [5, 5.41) is 0. The van der Waals surface area contributed by atoms with Crippen LogP contribution in [0.1, 0.15) is 27.8 Å². The molecule has 3 nitrogen and oxygen atoms in total. The molecule has 1 aliphatic heterocycles. The van der Waals surface area contributed by atoms with Crippen molar-refractivity contribution in [2.24, 2.45) is 0 Å². The number of cyclic esters (lactones) is 1. The number of methoxy groups -OCH3 is 1. The van der Waals surface area contributed by atoms with Crippen LogP contribution >= 0.6 is 0 Å². The summed E-state index contributed by atoms with van der Waals surface area (Å²) in [6, 6.07) is 11.9. The summed E-state index contributed by atoms with van der Waals surface area (Å²) in [5.74, 6) is 1.07. The molecule has 24 heavy (non-hydrogen) atoms. The van der Waals surface area contributed by atoms with Crippen LogP contribution in [0.15, 0.2) is 48.0 Å². The largest absolute Gasteiger partial charge is 0.496 e. The second-order valence-electron chi connectivity index (χ2n) is 6.05. The lowest BCUT2D eigenvalue weighted by Crippen LogP contribution is -1.98. The van der Waals surface area contributed by atoms with Gasteiger partial charge in [0.05, 0.1) is 12.7 Å². The van der Waals surface area contributed by atoms with E-state index in [1.54, 1.807) is 13.2 Å². The van der Waals surface area contributed by atoms with E-state index in [1.807, 2.05) is 57.2 Å². The Hall–Kier alpha value is -2.81. The van der Waals surface area contributed by atoms with Gasteiger partial charge in [0.25, 0.3) is 0 Å². The zero-order valence-electron chi connectivity index (χ0n) is 14.3. The van der Waals surface area contributed by atoms with Crippen LogP contribution in [-0.2, 0) is 9.53 Å². The first-order valence-corrected chi connectivity index (χ1v) is 7.86. The Labute approximate surface area is 142 Å². The average Bonchev–Trinajstić information content (AvgIpc) is 2.89. The first kappa shape index (κ1) is 16.1. The van der Waals surface area contributed by atoms with Crippen LogP contribution in [0.5, 0.6) is 5.75 Å². The summed E-state index contributed by atoms with van der Waals surface area (Å²) < 4.78 is 10.8. The highest BCUT2D eigenvalue weighted by Crippen LogP contribution is 2.30. The van der Waals surface area contributed by atoms with Crippen LogP contribution in [0, 0.1) is 20.8 Å². The predicted molar refractivity (Wildman–Crippen MR) is 95.7 cm³/mol. The zero-order valence-corrected chi connectivity index (χ0v) is 14.3. The fourth-order valence-electron chi connectivity index (χ4n) is 2.82. The Morgan fingerprint density at radius 3 is 2.50 bits per heavy atom. The summed E-state index contributed by atoms with van der Waals surface area (Å²) in [4.78, 5) is 12.2. The molecule has 0 unspecified atom stereocenters. The highest BCUT2D eigenvalue weighted by atomic mass is 16.5. The van der Waals surface area contributed by atoms with Crippen molar-refractivity contribution in [3.8, 4) is 5.75 Å². The molecule has 0 bridgehead atoms. The summed E-state index contributed by atoms with van der Waals surface area (Å²) in [6.45, 7) is 6.04. The van der Waals surface area contributed by atoms with E-state index in [0.29, 0.717) is 11.3 Å². The minimum atomic E-state index is -0.329. The van der Waals surface area contributed by atoms with Gasteiger partial charge in [0.15, 0.2) is 0 Å². The third-order valence-corrected chi connectivity index (χ3v) is 4.13. The lowest BCUT2D eigenvalue weighted by molar-refractivity contribution is -0.130. The molecule has 2 aromatic rings.